The number of aliphatic hydroxyl groups is 1. The van der Waals surface area contributed by atoms with E-state index in [1.165, 1.54) is 0 Å². The number of aliphatic hydroxyl groups excluding tert-OH is 1. The van der Waals surface area contributed by atoms with E-state index in [4.69, 9.17) is 9.84 Å². The highest BCUT2D eigenvalue weighted by molar-refractivity contribution is 7.09. The summed E-state index contributed by atoms with van der Waals surface area (Å²) >= 11 is 1.59. The molecule has 0 saturated heterocycles. The number of rotatable bonds is 4. The number of aryl methyl sites for hydroxylation is 2. The maximum Gasteiger partial charge on any atom is 0.125 e. The molecule has 3 nitrogen and oxygen atoms in total. The van der Waals surface area contributed by atoms with Gasteiger partial charge in [-0.2, -0.15) is 0 Å². The molecule has 1 aromatic carbocycles. The Hall–Kier alpha value is -1.39. The minimum Gasteiger partial charge on any atom is -0.487 e. The van der Waals surface area contributed by atoms with Crippen molar-refractivity contribution < 1.29 is 9.84 Å². The van der Waals surface area contributed by atoms with E-state index < -0.39 is 0 Å². The molecule has 90 valence electrons. The van der Waals surface area contributed by atoms with Crippen LogP contribution in [0.15, 0.2) is 23.8 Å². The second kappa shape index (κ2) is 5.29. The van der Waals surface area contributed by atoms with Crippen LogP contribution in [0.5, 0.6) is 5.75 Å². The van der Waals surface area contributed by atoms with Gasteiger partial charge in [0, 0.05) is 6.20 Å². The van der Waals surface area contributed by atoms with Gasteiger partial charge < -0.3 is 9.84 Å². The largest absolute Gasteiger partial charge is 0.487 e. The molecule has 0 aliphatic rings. The highest BCUT2D eigenvalue weighted by Gasteiger charge is 2.07. The van der Waals surface area contributed by atoms with Gasteiger partial charge in [-0.25, -0.2) is 0 Å². The van der Waals surface area contributed by atoms with Gasteiger partial charge in [-0.05, 0) is 30.5 Å². The van der Waals surface area contributed by atoms with Gasteiger partial charge >= 0.3 is 0 Å². The number of thiazole rings is 1. The third-order valence-electron chi connectivity index (χ3n) is 2.54. The first-order chi connectivity index (χ1) is 8.20. The van der Waals surface area contributed by atoms with Crippen LogP contribution in [-0.2, 0) is 13.2 Å². The van der Waals surface area contributed by atoms with Gasteiger partial charge in [0.1, 0.15) is 12.4 Å². The van der Waals surface area contributed by atoms with Crippen LogP contribution >= 0.6 is 11.3 Å². The van der Waals surface area contributed by atoms with Crippen molar-refractivity contribution in [1.82, 2.24) is 4.98 Å². The van der Waals surface area contributed by atoms with Crippen LogP contribution < -0.4 is 4.74 Å². The molecule has 17 heavy (non-hydrogen) atoms. The Kier molecular flexibility index (Phi) is 3.76. The normalized spacial score (nSPS) is 10.5. The molecule has 0 amide bonds. The molecule has 2 rings (SSSR count). The van der Waals surface area contributed by atoms with E-state index in [0.29, 0.717) is 6.61 Å². The van der Waals surface area contributed by atoms with Crippen molar-refractivity contribution in [2.45, 2.75) is 27.1 Å². The molecule has 1 aromatic heterocycles. The Morgan fingerprint density at radius 1 is 1.29 bits per heavy atom. The molecule has 0 aliphatic heterocycles. The first-order valence-electron chi connectivity index (χ1n) is 5.42. The van der Waals surface area contributed by atoms with E-state index in [-0.39, 0.29) is 6.61 Å². The number of hydrogen-bond acceptors (Lipinski definition) is 4. The third kappa shape index (κ3) is 2.84. The number of aromatic nitrogens is 1. The Morgan fingerprint density at radius 3 is 2.53 bits per heavy atom. The van der Waals surface area contributed by atoms with Crippen molar-refractivity contribution in [3.05, 3.63) is 45.4 Å². The van der Waals surface area contributed by atoms with E-state index >= 15 is 0 Å². The fourth-order valence-electron chi connectivity index (χ4n) is 1.82. The van der Waals surface area contributed by atoms with Crippen LogP contribution in [0.2, 0.25) is 0 Å². The minimum atomic E-state index is 0.0663. The molecule has 0 atom stereocenters. The van der Waals surface area contributed by atoms with Gasteiger partial charge in [0.2, 0.25) is 0 Å². The van der Waals surface area contributed by atoms with Gasteiger partial charge in [0.15, 0.2) is 0 Å². The topological polar surface area (TPSA) is 42.4 Å². The maximum absolute atomic E-state index is 9.11. The molecule has 0 aliphatic carbocycles. The van der Waals surface area contributed by atoms with Crippen molar-refractivity contribution in [1.29, 1.82) is 0 Å². The summed E-state index contributed by atoms with van der Waals surface area (Å²) in [5, 5.41) is 9.11. The van der Waals surface area contributed by atoms with E-state index in [0.717, 1.165) is 27.3 Å². The first-order valence-corrected chi connectivity index (χ1v) is 6.30. The third-order valence-corrected chi connectivity index (χ3v) is 3.30. The van der Waals surface area contributed by atoms with E-state index in [9.17, 15) is 0 Å². The van der Waals surface area contributed by atoms with Crippen LogP contribution in [0.4, 0.5) is 0 Å². The van der Waals surface area contributed by atoms with Crippen molar-refractivity contribution in [2.24, 2.45) is 0 Å². The zero-order chi connectivity index (χ0) is 12.3. The van der Waals surface area contributed by atoms with Crippen LogP contribution in [0, 0.1) is 13.8 Å². The fraction of sp³-hybridized carbons (Fsp3) is 0.308. The molecule has 0 saturated carbocycles. The Labute approximate surface area is 105 Å². The maximum atomic E-state index is 9.11. The molecule has 0 unspecified atom stereocenters. The summed E-state index contributed by atoms with van der Waals surface area (Å²) in [6.45, 7) is 4.60. The summed E-state index contributed by atoms with van der Waals surface area (Å²) < 4.78 is 5.80. The molecule has 1 heterocycles. The van der Waals surface area contributed by atoms with Crippen LogP contribution in [0.3, 0.4) is 0 Å². The smallest absolute Gasteiger partial charge is 0.125 e. The highest BCUT2D eigenvalue weighted by atomic mass is 32.1. The fourth-order valence-corrected chi connectivity index (χ4v) is 2.32. The minimum absolute atomic E-state index is 0.0663. The Balaban J connectivity index is 2.15. The van der Waals surface area contributed by atoms with Gasteiger partial charge in [-0.15, -0.1) is 11.3 Å². The van der Waals surface area contributed by atoms with Gasteiger partial charge in [0.25, 0.3) is 0 Å². The van der Waals surface area contributed by atoms with Gasteiger partial charge in [-0.3, -0.25) is 4.98 Å². The summed E-state index contributed by atoms with van der Waals surface area (Å²) in [4.78, 5) is 5.12. The number of ether oxygens (including phenoxy) is 1. The standard InChI is InChI=1S/C13H15NO2S/c1-9-3-11(6-15)4-10(2)13(9)16-7-12-5-14-8-17-12/h3-5,8,15H,6-7H2,1-2H3. The van der Waals surface area contributed by atoms with E-state index in [2.05, 4.69) is 4.98 Å². The van der Waals surface area contributed by atoms with E-state index in [1.807, 2.05) is 32.2 Å². The SMILES string of the molecule is Cc1cc(CO)cc(C)c1OCc1cncs1. The summed E-state index contributed by atoms with van der Waals surface area (Å²) in [7, 11) is 0. The number of benzene rings is 1. The monoisotopic (exact) mass is 249 g/mol. The molecule has 0 fully saturated rings. The summed E-state index contributed by atoms with van der Waals surface area (Å²) in [6.07, 6.45) is 1.82. The van der Waals surface area contributed by atoms with E-state index in [1.54, 1.807) is 16.8 Å². The predicted molar refractivity (Wildman–Crippen MR) is 68.3 cm³/mol. The van der Waals surface area contributed by atoms with Crippen LogP contribution in [0.1, 0.15) is 21.6 Å². The molecule has 2 aromatic rings. The summed E-state index contributed by atoms with van der Waals surface area (Å²) in [6, 6.07) is 3.91. The van der Waals surface area contributed by atoms with Gasteiger partial charge in [-0.1, -0.05) is 12.1 Å². The highest BCUT2D eigenvalue weighted by Crippen LogP contribution is 2.26. The van der Waals surface area contributed by atoms with Crippen LogP contribution in [-0.4, -0.2) is 10.1 Å². The summed E-state index contributed by atoms with van der Waals surface area (Å²) in [5.74, 6) is 0.899. The lowest BCUT2D eigenvalue weighted by atomic mass is 10.1. The molecule has 4 heteroatoms. The Morgan fingerprint density at radius 2 is 2.00 bits per heavy atom. The van der Waals surface area contributed by atoms with Crippen LogP contribution in [0.25, 0.3) is 0 Å². The average Bonchev–Trinajstić information content (AvgIpc) is 2.80. The quantitative estimate of drug-likeness (QED) is 0.906. The van der Waals surface area contributed by atoms with Crippen molar-refractivity contribution in [2.75, 3.05) is 0 Å². The lowest BCUT2D eigenvalue weighted by Gasteiger charge is -2.12. The lowest BCUT2D eigenvalue weighted by Crippen LogP contribution is -1.99. The number of hydrogen-bond donors (Lipinski definition) is 1. The first kappa shape index (κ1) is 12.1. The molecule has 0 bridgehead atoms. The zero-order valence-electron chi connectivity index (χ0n) is 9.93. The molecule has 1 N–H and O–H groups in total. The molecular formula is C13H15NO2S. The molecule has 0 spiro atoms. The predicted octanol–water partition coefficient (Wildman–Crippen LogP) is 2.83. The number of nitrogens with zero attached hydrogens (tertiary/aromatic N) is 1. The zero-order valence-corrected chi connectivity index (χ0v) is 10.8. The summed E-state index contributed by atoms with van der Waals surface area (Å²) in [5.41, 5.74) is 4.83. The second-order valence-electron chi connectivity index (χ2n) is 3.97. The molecular weight excluding hydrogens is 234 g/mol. The lowest BCUT2D eigenvalue weighted by molar-refractivity contribution is 0.280. The van der Waals surface area contributed by atoms with Crippen molar-refractivity contribution in [3.63, 3.8) is 0 Å². The van der Waals surface area contributed by atoms with Gasteiger partial charge in [0.05, 0.1) is 17.0 Å². The van der Waals surface area contributed by atoms with Crippen molar-refractivity contribution >= 4 is 11.3 Å². The Bertz CT molecular complexity index is 471. The molecule has 0 radical (unpaired) electrons. The average molecular weight is 249 g/mol. The second-order valence-corrected chi connectivity index (χ2v) is 4.94. The van der Waals surface area contributed by atoms with Crippen molar-refractivity contribution in [3.8, 4) is 5.75 Å².